The fourth-order valence-electron chi connectivity index (χ4n) is 2.55. The van der Waals surface area contributed by atoms with Crippen molar-refractivity contribution in [2.45, 2.75) is 4.90 Å². The van der Waals surface area contributed by atoms with Crippen molar-refractivity contribution in [2.75, 3.05) is 4.72 Å². The van der Waals surface area contributed by atoms with E-state index in [0.29, 0.717) is 5.69 Å². The molecule has 4 aromatic rings. The molecular formula is C19H13ClN2O2S2. The Morgan fingerprint density at radius 2 is 1.58 bits per heavy atom. The highest BCUT2D eigenvalue weighted by Crippen LogP contribution is 2.31. The van der Waals surface area contributed by atoms with E-state index < -0.39 is 10.0 Å². The molecule has 7 heteroatoms. The van der Waals surface area contributed by atoms with Gasteiger partial charge in [0.15, 0.2) is 0 Å². The molecule has 4 nitrogen and oxygen atoms in total. The van der Waals surface area contributed by atoms with Gasteiger partial charge in [-0.3, -0.25) is 4.72 Å². The summed E-state index contributed by atoms with van der Waals surface area (Å²) in [6.07, 6.45) is 0. The maximum Gasteiger partial charge on any atom is 0.263 e. The number of halogens is 1. The first-order chi connectivity index (χ1) is 12.5. The van der Waals surface area contributed by atoms with Crippen LogP contribution in [-0.2, 0) is 10.0 Å². The lowest BCUT2D eigenvalue weighted by molar-refractivity contribution is 0.601. The van der Waals surface area contributed by atoms with Crippen molar-refractivity contribution in [1.82, 2.24) is 4.98 Å². The molecule has 0 aliphatic heterocycles. The van der Waals surface area contributed by atoms with Gasteiger partial charge < -0.3 is 0 Å². The summed E-state index contributed by atoms with van der Waals surface area (Å²) in [5, 5.41) is 1.08. The summed E-state index contributed by atoms with van der Waals surface area (Å²) in [5.74, 6) is 0. The van der Waals surface area contributed by atoms with E-state index in [9.17, 15) is 8.42 Å². The Morgan fingerprint density at radius 3 is 2.31 bits per heavy atom. The van der Waals surface area contributed by atoms with E-state index in [1.165, 1.54) is 6.07 Å². The van der Waals surface area contributed by atoms with Crippen molar-refractivity contribution in [3.8, 4) is 10.6 Å². The SMILES string of the molecule is O=S(=O)(Nc1ccc(-c2nc3ccccc3s2)cc1)c1ccccc1Cl. The number of rotatable bonds is 4. The van der Waals surface area contributed by atoms with Crippen LogP contribution in [0.4, 0.5) is 5.69 Å². The molecular weight excluding hydrogens is 388 g/mol. The number of sulfonamides is 1. The molecule has 1 N–H and O–H groups in total. The lowest BCUT2D eigenvalue weighted by Crippen LogP contribution is -2.13. The van der Waals surface area contributed by atoms with Gasteiger partial charge in [-0.25, -0.2) is 13.4 Å². The Labute approximate surface area is 160 Å². The second-order valence-corrected chi connectivity index (χ2v) is 8.69. The van der Waals surface area contributed by atoms with Crippen molar-refractivity contribution in [3.63, 3.8) is 0 Å². The first-order valence-corrected chi connectivity index (χ1v) is 10.4. The largest absolute Gasteiger partial charge is 0.280 e. The van der Waals surface area contributed by atoms with Crippen molar-refractivity contribution in [2.24, 2.45) is 0 Å². The molecule has 0 fully saturated rings. The number of thiazole rings is 1. The molecule has 0 radical (unpaired) electrons. The molecule has 0 unspecified atom stereocenters. The lowest BCUT2D eigenvalue weighted by Gasteiger charge is -2.09. The quantitative estimate of drug-likeness (QED) is 0.497. The van der Waals surface area contributed by atoms with Crippen LogP contribution in [0.1, 0.15) is 0 Å². The molecule has 0 amide bonds. The summed E-state index contributed by atoms with van der Waals surface area (Å²) in [6.45, 7) is 0. The number of hydrogen-bond donors (Lipinski definition) is 1. The molecule has 0 spiro atoms. The van der Waals surface area contributed by atoms with E-state index in [4.69, 9.17) is 11.6 Å². The molecule has 0 bridgehead atoms. The van der Waals surface area contributed by atoms with Crippen molar-refractivity contribution >= 4 is 48.9 Å². The smallest absolute Gasteiger partial charge is 0.263 e. The minimum atomic E-state index is -3.74. The Morgan fingerprint density at radius 1 is 0.885 bits per heavy atom. The van der Waals surface area contributed by atoms with Gasteiger partial charge in [-0.05, 0) is 48.5 Å². The number of nitrogens with zero attached hydrogens (tertiary/aromatic N) is 1. The summed E-state index contributed by atoms with van der Waals surface area (Å²) in [6, 6.07) is 21.4. The number of benzene rings is 3. The monoisotopic (exact) mass is 400 g/mol. The standard InChI is InChI=1S/C19H13ClN2O2S2/c20-15-5-1-4-8-18(15)26(23,24)22-14-11-9-13(10-12-14)19-21-16-6-2-3-7-17(16)25-19/h1-12,22H. The van der Waals surface area contributed by atoms with Crippen LogP contribution in [0.2, 0.25) is 5.02 Å². The first kappa shape index (κ1) is 17.0. The summed E-state index contributed by atoms with van der Waals surface area (Å²) >= 11 is 7.59. The fourth-order valence-corrected chi connectivity index (χ4v) is 5.10. The van der Waals surface area contributed by atoms with Gasteiger partial charge in [0.05, 0.1) is 15.2 Å². The minimum Gasteiger partial charge on any atom is -0.280 e. The predicted molar refractivity (Wildman–Crippen MR) is 107 cm³/mol. The highest BCUT2D eigenvalue weighted by atomic mass is 35.5. The number of fused-ring (bicyclic) bond motifs is 1. The molecule has 1 aromatic heterocycles. The summed E-state index contributed by atoms with van der Waals surface area (Å²) in [7, 11) is -3.74. The van der Waals surface area contributed by atoms with Crippen molar-refractivity contribution in [1.29, 1.82) is 0 Å². The van der Waals surface area contributed by atoms with Crippen LogP contribution < -0.4 is 4.72 Å². The van der Waals surface area contributed by atoms with E-state index in [1.54, 1.807) is 41.7 Å². The highest BCUT2D eigenvalue weighted by molar-refractivity contribution is 7.92. The number of hydrogen-bond acceptors (Lipinski definition) is 4. The van der Waals surface area contributed by atoms with Gasteiger partial charge in [0.2, 0.25) is 0 Å². The van der Waals surface area contributed by atoms with E-state index in [2.05, 4.69) is 9.71 Å². The van der Waals surface area contributed by atoms with Crippen LogP contribution in [0.3, 0.4) is 0 Å². The Hall–Kier alpha value is -2.41. The van der Waals surface area contributed by atoms with Crippen molar-refractivity contribution < 1.29 is 8.42 Å². The molecule has 0 saturated carbocycles. The van der Waals surface area contributed by atoms with Gasteiger partial charge in [-0.15, -0.1) is 11.3 Å². The minimum absolute atomic E-state index is 0.0527. The van der Waals surface area contributed by atoms with Crippen LogP contribution in [0.5, 0.6) is 0 Å². The predicted octanol–water partition coefficient (Wildman–Crippen LogP) is 5.42. The molecule has 4 rings (SSSR count). The first-order valence-electron chi connectivity index (χ1n) is 7.76. The van der Waals surface area contributed by atoms with Crippen LogP contribution >= 0.6 is 22.9 Å². The van der Waals surface area contributed by atoms with Gasteiger partial charge in [0.1, 0.15) is 9.90 Å². The molecule has 26 heavy (non-hydrogen) atoms. The van der Waals surface area contributed by atoms with Crippen LogP contribution in [0.15, 0.2) is 77.7 Å². The van der Waals surface area contributed by atoms with Gasteiger partial charge >= 0.3 is 0 Å². The summed E-state index contributed by atoms with van der Waals surface area (Å²) in [4.78, 5) is 4.66. The van der Waals surface area contributed by atoms with Gasteiger partial charge in [0.25, 0.3) is 10.0 Å². The third-order valence-corrected chi connectivity index (χ3v) is 6.77. The molecule has 1 heterocycles. The zero-order valence-corrected chi connectivity index (χ0v) is 15.8. The Bertz CT molecular complexity index is 1150. The molecule has 0 aliphatic rings. The van der Waals surface area contributed by atoms with Crippen molar-refractivity contribution in [3.05, 3.63) is 77.8 Å². The van der Waals surface area contributed by atoms with Gasteiger partial charge in [-0.1, -0.05) is 35.9 Å². The fraction of sp³-hybridized carbons (Fsp3) is 0. The van der Waals surface area contributed by atoms with Crippen LogP contribution in [-0.4, -0.2) is 13.4 Å². The molecule has 3 aromatic carbocycles. The summed E-state index contributed by atoms with van der Waals surface area (Å²) in [5.41, 5.74) is 2.36. The average molecular weight is 401 g/mol. The zero-order valence-electron chi connectivity index (χ0n) is 13.4. The summed E-state index contributed by atoms with van der Waals surface area (Å²) < 4.78 is 28.6. The Balaban J connectivity index is 1.61. The third-order valence-electron chi connectivity index (χ3n) is 3.80. The molecule has 0 atom stereocenters. The lowest BCUT2D eigenvalue weighted by atomic mass is 10.2. The van der Waals surface area contributed by atoms with E-state index >= 15 is 0 Å². The molecule has 130 valence electrons. The van der Waals surface area contributed by atoms with Gasteiger partial charge in [0, 0.05) is 11.3 Å². The van der Waals surface area contributed by atoms with Crippen LogP contribution in [0.25, 0.3) is 20.8 Å². The number of anilines is 1. The number of nitrogens with one attached hydrogen (secondary N) is 1. The highest BCUT2D eigenvalue weighted by Gasteiger charge is 2.17. The average Bonchev–Trinajstić information content (AvgIpc) is 3.06. The second kappa shape index (κ2) is 6.72. The zero-order chi connectivity index (χ0) is 18.1. The topological polar surface area (TPSA) is 59.1 Å². The maximum absolute atomic E-state index is 12.5. The third kappa shape index (κ3) is 3.31. The second-order valence-electron chi connectivity index (χ2n) is 5.60. The molecule has 0 saturated heterocycles. The molecule has 0 aliphatic carbocycles. The number of para-hydroxylation sites is 1. The normalized spacial score (nSPS) is 11.6. The van der Waals surface area contributed by atoms with Crippen LogP contribution in [0, 0.1) is 0 Å². The number of aromatic nitrogens is 1. The van der Waals surface area contributed by atoms with Gasteiger partial charge in [-0.2, -0.15) is 0 Å². The van der Waals surface area contributed by atoms with E-state index in [-0.39, 0.29) is 9.92 Å². The Kier molecular flexibility index (Phi) is 4.40. The van der Waals surface area contributed by atoms with E-state index in [1.807, 2.05) is 36.4 Å². The maximum atomic E-state index is 12.5. The van der Waals surface area contributed by atoms with E-state index in [0.717, 1.165) is 20.8 Å².